The fourth-order valence-electron chi connectivity index (χ4n) is 3.56. The summed E-state index contributed by atoms with van der Waals surface area (Å²) in [5.41, 5.74) is 1.90. The maximum Gasteiger partial charge on any atom is 0.351 e. The lowest BCUT2D eigenvalue weighted by molar-refractivity contribution is 0.210. The molecule has 1 atom stereocenters. The van der Waals surface area contributed by atoms with Crippen LogP contribution >= 0.6 is 21.8 Å². The van der Waals surface area contributed by atoms with Crippen LogP contribution in [0.5, 0.6) is 0 Å². The SMILES string of the molecule is O=C(NS(=O)(=O)c1ccc(S(F)(F)(F)(F)F)cc1)N1CC(c2ccccc2)C(c2ccc(Cl)cc2)=N1. The number of hydrogen-bond donors (Lipinski definition) is 1. The van der Waals surface area contributed by atoms with Gasteiger partial charge in [0.25, 0.3) is 10.0 Å². The van der Waals surface area contributed by atoms with Gasteiger partial charge in [-0.25, -0.2) is 22.9 Å². The first-order chi connectivity index (χ1) is 16.5. The molecular formula is C22H17ClF5N3O3S2. The van der Waals surface area contributed by atoms with Crippen LogP contribution in [0.4, 0.5) is 24.2 Å². The van der Waals surface area contributed by atoms with Gasteiger partial charge in [0.1, 0.15) is 4.90 Å². The molecule has 6 nitrogen and oxygen atoms in total. The number of carbonyl (C=O) groups excluding carboxylic acids is 1. The smallest absolute Gasteiger partial charge is 0.246 e. The number of urea groups is 1. The van der Waals surface area contributed by atoms with Crippen LogP contribution in [-0.4, -0.2) is 31.7 Å². The summed E-state index contributed by atoms with van der Waals surface area (Å²) < 4.78 is 91.5. The topological polar surface area (TPSA) is 78.8 Å². The Kier molecular flexibility index (Phi) is 5.89. The van der Waals surface area contributed by atoms with Gasteiger partial charge in [0.2, 0.25) is 0 Å². The summed E-state index contributed by atoms with van der Waals surface area (Å²) in [7, 11) is -14.7. The van der Waals surface area contributed by atoms with E-state index in [0.29, 0.717) is 28.4 Å². The first-order valence-electron chi connectivity index (χ1n) is 10.1. The monoisotopic (exact) mass is 565 g/mol. The summed E-state index contributed by atoms with van der Waals surface area (Å²) in [5.74, 6) is -0.419. The molecule has 1 aliphatic heterocycles. The Balaban J connectivity index is 1.60. The van der Waals surface area contributed by atoms with Crippen molar-refractivity contribution in [3.8, 4) is 0 Å². The molecule has 1 aliphatic rings. The maximum atomic E-state index is 12.9. The molecule has 0 spiro atoms. The van der Waals surface area contributed by atoms with E-state index in [0.717, 1.165) is 10.6 Å². The van der Waals surface area contributed by atoms with E-state index in [-0.39, 0.29) is 18.7 Å². The summed E-state index contributed by atoms with van der Waals surface area (Å²) in [5, 5.41) is 5.63. The first kappa shape index (κ1) is 25.9. The van der Waals surface area contributed by atoms with Crippen molar-refractivity contribution in [2.45, 2.75) is 15.7 Å². The molecule has 0 saturated carbocycles. The first-order valence-corrected chi connectivity index (χ1v) is 13.9. The molecule has 1 unspecified atom stereocenters. The van der Waals surface area contributed by atoms with Gasteiger partial charge in [0.15, 0.2) is 0 Å². The minimum Gasteiger partial charge on any atom is -0.246 e. The van der Waals surface area contributed by atoms with Crippen molar-refractivity contribution >= 4 is 43.6 Å². The van der Waals surface area contributed by atoms with Gasteiger partial charge in [-0.05, 0) is 47.5 Å². The maximum absolute atomic E-state index is 12.9. The summed E-state index contributed by atoms with van der Waals surface area (Å²) in [6, 6.07) is 15.1. The van der Waals surface area contributed by atoms with E-state index in [1.807, 2.05) is 12.1 Å². The fourth-order valence-corrected chi connectivity index (χ4v) is 5.28. The highest BCUT2D eigenvalue weighted by Crippen LogP contribution is 3.02. The van der Waals surface area contributed by atoms with E-state index >= 15 is 0 Å². The van der Waals surface area contributed by atoms with Crippen LogP contribution in [0.3, 0.4) is 0 Å². The molecule has 0 aromatic heterocycles. The van der Waals surface area contributed by atoms with Gasteiger partial charge in [-0.1, -0.05) is 73.5 Å². The van der Waals surface area contributed by atoms with Crippen molar-refractivity contribution in [2.75, 3.05) is 6.54 Å². The van der Waals surface area contributed by atoms with Crippen molar-refractivity contribution in [3.63, 3.8) is 0 Å². The van der Waals surface area contributed by atoms with E-state index in [2.05, 4.69) is 5.10 Å². The Bertz CT molecular complexity index is 1450. The molecule has 0 bridgehead atoms. The molecule has 4 rings (SSSR count). The van der Waals surface area contributed by atoms with E-state index in [9.17, 15) is 32.6 Å². The van der Waals surface area contributed by atoms with Crippen LogP contribution in [0.15, 0.2) is 93.8 Å². The number of nitrogens with one attached hydrogen (secondary N) is 1. The lowest BCUT2D eigenvalue weighted by Gasteiger charge is -2.40. The summed E-state index contributed by atoms with van der Waals surface area (Å²) in [4.78, 5) is 9.73. The van der Waals surface area contributed by atoms with Gasteiger partial charge in [0, 0.05) is 10.9 Å². The Morgan fingerprint density at radius 3 is 2.06 bits per heavy atom. The molecule has 3 aromatic rings. The lowest BCUT2D eigenvalue weighted by Crippen LogP contribution is -2.39. The molecule has 1 N–H and O–H groups in total. The van der Waals surface area contributed by atoms with Crippen molar-refractivity contribution in [3.05, 3.63) is 95.0 Å². The normalized spacial score (nSPS) is 18.2. The Hall–Kier alpha value is -3.16. The van der Waals surface area contributed by atoms with Crippen molar-refractivity contribution < 1.29 is 32.6 Å². The van der Waals surface area contributed by atoms with Gasteiger partial charge < -0.3 is 0 Å². The number of carbonyl (C=O) groups is 1. The molecule has 2 amide bonds. The second-order valence-corrected chi connectivity index (χ2v) is 12.4. The molecule has 1 heterocycles. The van der Waals surface area contributed by atoms with E-state index in [1.54, 1.807) is 47.2 Å². The summed E-state index contributed by atoms with van der Waals surface area (Å²) >= 11 is 5.95. The van der Waals surface area contributed by atoms with Crippen LogP contribution in [0.1, 0.15) is 17.0 Å². The van der Waals surface area contributed by atoms with Gasteiger partial charge in [-0.15, -0.1) is 0 Å². The van der Waals surface area contributed by atoms with Crippen LogP contribution in [0.25, 0.3) is 0 Å². The standard InChI is InChI=1S/C22H17ClF5N3O3S2/c23-17-8-6-16(7-9-17)21-20(15-4-2-1-3-5-15)14-31(29-21)22(32)30-35(33,34)18-10-12-19(13-11-18)36(24,25,26,27)28/h1-13,20H,14H2,(H,30,32). The molecule has 3 aromatic carbocycles. The highest BCUT2D eigenvalue weighted by atomic mass is 35.5. The fraction of sp³-hybridized carbons (Fsp3) is 0.0909. The number of nitrogens with zero attached hydrogens (tertiary/aromatic N) is 2. The summed E-state index contributed by atoms with van der Waals surface area (Å²) in [6.07, 6.45) is 0. The van der Waals surface area contributed by atoms with Crippen LogP contribution < -0.4 is 4.72 Å². The molecular weight excluding hydrogens is 549 g/mol. The molecule has 0 aliphatic carbocycles. The van der Waals surface area contributed by atoms with Crippen molar-refractivity contribution in [1.29, 1.82) is 0 Å². The van der Waals surface area contributed by atoms with Gasteiger partial charge in [0.05, 0.1) is 17.2 Å². The molecule has 14 heteroatoms. The Labute approximate surface area is 208 Å². The minimum atomic E-state index is -9.98. The number of sulfonamides is 1. The third-order valence-corrected chi connectivity index (χ3v) is 8.04. The molecule has 0 radical (unpaired) electrons. The van der Waals surface area contributed by atoms with Gasteiger partial charge in [-0.2, -0.15) is 5.10 Å². The Morgan fingerprint density at radius 1 is 0.917 bits per heavy atom. The second kappa shape index (κ2) is 8.18. The molecule has 36 heavy (non-hydrogen) atoms. The van der Waals surface area contributed by atoms with E-state index in [4.69, 9.17) is 11.6 Å². The van der Waals surface area contributed by atoms with E-state index < -0.39 is 42.0 Å². The molecule has 192 valence electrons. The van der Waals surface area contributed by atoms with Crippen molar-refractivity contribution in [1.82, 2.24) is 9.73 Å². The summed E-state index contributed by atoms with van der Waals surface area (Å²) in [6.45, 7) is -0.0352. The largest absolute Gasteiger partial charge is 0.351 e. The Morgan fingerprint density at radius 2 is 1.50 bits per heavy atom. The predicted molar refractivity (Wildman–Crippen MR) is 127 cm³/mol. The average Bonchev–Trinajstić information content (AvgIpc) is 3.24. The second-order valence-electron chi connectivity index (χ2n) is 7.89. The highest BCUT2D eigenvalue weighted by molar-refractivity contribution is 8.45. The number of benzene rings is 3. The zero-order valence-electron chi connectivity index (χ0n) is 18.0. The average molecular weight is 566 g/mol. The number of hydrazone groups is 1. The van der Waals surface area contributed by atoms with Crippen LogP contribution in [0.2, 0.25) is 5.02 Å². The lowest BCUT2D eigenvalue weighted by atomic mass is 9.91. The minimum absolute atomic E-state index is 0.0352. The highest BCUT2D eigenvalue weighted by Gasteiger charge is 2.65. The quantitative estimate of drug-likeness (QED) is 0.342. The van der Waals surface area contributed by atoms with Gasteiger partial charge in [-0.3, -0.25) is 0 Å². The van der Waals surface area contributed by atoms with E-state index in [1.165, 1.54) is 0 Å². The number of halogens is 6. The number of hydrogen-bond acceptors (Lipinski definition) is 4. The zero-order chi connectivity index (χ0) is 26.4. The van der Waals surface area contributed by atoms with Crippen molar-refractivity contribution in [2.24, 2.45) is 5.10 Å². The molecule has 0 saturated heterocycles. The third-order valence-electron chi connectivity index (χ3n) is 5.29. The van der Waals surface area contributed by atoms with Crippen LogP contribution in [-0.2, 0) is 10.0 Å². The number of amides is 2. The zero-order valence-corrected chi connectivity index (χ0v) is 20.4. The van der Waals surface area contributed by atoms with Gasteiger partial charge >= 0.3 is 16.3 Å². The molecule has 0 fully saturated rings. The third kappa shape index (κ3) is 5.63. The van der Waals surface area contributed by atoms with Crippen LogP contribution in [0, 0.1) is 0 Å². The predicted octanol–water partition coefficient (Wildman–Crippen LogP) is 6.90. The number of rotatable bonds is 5.